The molecule has 3 heterocycles. The molecule has 0 aromatic rings. The number of ether oxygens (including phenoxy) is 4. The predicted molar refractivity (Wildman–Crippen MR) is 237 cm³/mol. The van der Waals surface area contributed by atoms with E-state index < -0.39 is 147 Å². The third-order valence-corrected chi connectivity index (χ3v) is 12.0. The summed E-state index contributed by atoms with van der Waals surface area (Å²) in [5, 5.41) is 118. The number of esters is 1. The lowest BCUT2D eigenvalue weighted by molar-refractivity contribution is -0.308. The van der Waals surface area contributed by atoms with E-state index in [4.69, 9.17) is 24.7 Å². The lowest BCUT2D eigenvalue weighted by atomic mass is 9.82. The van der Waals surface area contributed by atoms with Crippen LogP contribution in [0.4, 0.5) is 0 Å². The van der Waals surface area contributed by atoms with Crippen molar-refractivity contribution >= 4 is 11.9 Å². The SMILES string of the molecule is CC1OC(O[C@H]2C=CC=CC=CC=CC=CC=CC=C[C@H](C)[C@@H](O)[C@@H](C)[C@H](C)OC(=O)C[C@H](O)C[C@H](O)CC[C@@H](O)[C@H](O)C[C@H](O)C[C@]3(O)C[C@H](O)[C@@H](C(=O)O)[C@H](C2)O3)C(O)C(N)C1O. The molecular weight excluding hydrogens is 851 g/mol. The molecule has 0 aliphatic carbocycles. The molecule has 3 rings (SSSR count). The van der Waals surface area contributed by atoms with Crippen LogP contribution in [-0.4, -0.2) is 166 Å². The van der Waals surface area contributed by atoms with Gasteiger partial charge in [0.15, 0.2) is 12.1 Å². The van der Waals surface area contributed by atoms with Crippen molar-refractivity contribution in [1.29, 1.82) is 0 Å². The van der Waals surface area contributed by atoms with Crippen LogP contribution < -0.4 is 5.73 Å². The number of rotatable bonds is 3. The molecule has 18 heteroatoms. The number of fused-ring (bicyclic) bond motifs is 2. The monoisotopic (exact) mass is 923 g/mol. The second-order valence-electron chi connectivity index (χ2n) is 17.6. The minimum atomic E-state index is -2.33. The maximum absolute atomic E-state index is 12.6. The van der Waals surface area contributed by atoms with E-state index in [1.54, 1.807) is 80.7 Å². The van der Waals surface area contributed by atoms with Crippen LogP contribution in [0.3, 0.4) is 0 Å². The fraction of sp³-hybridized carbons (Fsp3) is 0.660. The van der Waals surface area contributed by atoms with Gasteiger partial charge in [-0.3, -0.25) is 9.59 Å². The van der Waals surface area contributed by atoms with Gasteiger partial charge in [-0.1, -0.05) is 98.9 Å². The van der Waals surface area contributed by atoms with Gasteiger partial charge >= 0.3 is 11.9 Å². The highest BCUT2D eigenvalue weighted by Gasteiger charge is 2.51. The molecule has 65 heavy (non-hydrogen) atoms. The predicted octanol–water partition coefficient (Wildman–Crippen LogP) is 0.712. The molecule has 5 unspecified atom stereocenters. The van der Waals surface area contributed by atoms with Crippen LogP contribution in [0.2, 0.25) is 0 Å². The molecule has 13 N–H and O–H groups in total. The molecule has 2 fully saturated rings. The summed E-state index contributed by atoms with van der Waals surface area (Å²) in [5.74, 6) is -6.83. The van der Waals surface area contributed by atoms with Crippen LogP contribution in [0.15, 0.2) is 85.1 Å². The topological polar surface area (TPSA) is 320 Å². The summed E-state index contributed by atoms with van der Waals surface area (Å²) >= 11 is 0. The van der Waals surface area contributed by atoms with Crippen molar-refractivity contribution in [3.8, 4) is 0 Å². The van der Waals surface area contributed by atoms with Gasteiger partial charge in [-0.2, -0.15) is 0 Å². The maximum atomic E-state index is 12.6. The van der Waals surface area contributed by atoms with Gasteiger partial charge in [0.1, 0.15) is 18.1 Å². The Bertz CT molecular complexity index is 1670. The number of carboxylic acids is 1. The van der Waals surface area contributed by atoms with Crippen molar-refractivity contribution in [2.24, 2.45) is 23.5 Å². The summed E-state index contributed by atoms with van der Waals surface area (Å²) in [7, 11) is 0. The molecule has 3 aliphatic heterocycles. The van der Waals surface area contributed by atoms with Crippen LogP contribution in [0.25, 0.3) is 0 Å². The van der Waals surface area contributed by atoms with Gasteiger partial charge < -0.3 is 80.9 Å². The Hall–Kier alpha value is -3.44. The molecule has 368 valence electrons. The van der Waals surface area contributed by atoms with Crippen molar-refractivity contribution in [2.75, 3.05) is 0 Å². The van der Waals surface area contributed by atoms with Crippen LogP contribution in [0.1, 0.15) is 79.1 Å². The summed E-state index contributed by atoms with van der Waals surface area (Å²) in [6, 6.07) is -1.15. The second-order valence-corrected chi connectivity index (χ2v) is 17.6. The Morgan fingerprint density at radius 2 is 1.23 bits per heavy atom. The Labute approximate surface area is 381 Å². The molecule has 0 saturated carbocycles. The second kappa shape index (κ2) is 27.4. The minimum Gasteiger partial charge on any atom is -0.481 e. The molecule has 0 aromatic heterocycles. The number of aliphatic hydroxyl groups is 10. The van der Waals surface area contributed by atoms with Crippen LogP contribution in [0.5, 0.6) is 0 Å². The van der Waals surface area contributed by atoms with Gasteiger partial charge in [-0.25, -0.2) is 0 Å². The zero-order valence-electron chi connectivity index (χ0n) is 37.6. The Kier molecular flexibility index (Phi) is 23.6. The quantitative estimate of drug-likeness (QED) is 0.174. The number of hydrogen-bond acceptors (Lipinski definition) is 17. The summed E-state index contributed by atoms with van der Waals surface area (Å²) in [6.45, 7) is 6.74. The van der Waals surface area contributed by atoms with Crippen molar-refractivity contribution in [2.45, 2.75) is 177 Å². The van der Waals surface area contributed by atoms with E-state index >= 15 is 0 Å². The lowest BCUT2D eigenvalue weighted by Crippen LogP contribution is -2.61. The Morgan fingerprint density at radius 1 is 0.662 bits per heavy atom. The van der Waals surface area contributed by atoms with Crippen molar-refractivity contribution in [3.05, 3.63) is 85.1 Å². The number of nitrogens with two attached hydrogens (primary N) is 1. The molecule has 3 aliphatic rings. The van der Waals surface area contributed by atoms with E-state index in [9.17, 15) is 65.8 Å². The molecule has 2 bridgehead atoms. The number of cyclic esters (lactones) is 1. The average Bonchev–Trinajstić information content (AvgIpc) is 3.21. The number of aliphatic carboxylic acids is 1. The molecular formula is C47H73NO17. The number of carbonyl (C=O) groups excluding carboxylic acids is 1. The van der Waals surface area contributed by atoms with E-state index in [0.717, 1.165) is 0 Å². The first-order valence-corrected chi connectivity index (χ1v) is 22.3. The highest BCUT2D eigenvalue weighted by atomic mass is 16.7. The van der Waals surface area contributed by atoms with Gasteiger partial charge in [0, 0.05) is 37.5 Å². The molecule has 0 spiro atoms. The Morgan fingerprint density at radius 3 is 1.82 bits per heavy atom. The highest BCUT2D eigenvalue weighted by molar-refractivity contribution is 5.71. The van der Waals surface area contributed by atoms with E-state index in [1.807, 2.05) is 19.1 Å². The van der Waals surface area contributed by atoms with Crippen molar-refractivity contribution in [1.82, 2.24) is 0 Å². The zero-order chi connectivity index (χ0) is 48.4. The van der Waals surface area contributed by atoms with E-state index in [2.05, 4.69) is 0 Å². The smallest absolute Gasteiger partial charge is 0.311 e. The highest BCUT2D eigenvalue weighted by Crippen LogP contribution is 2.38. The van der Waals surface area contributed by atoms with Gasteiger partial charge in [-0.15, -0.1) is 0 Å². The van der Waals surface area contributed by atoms with Gasteiger partial charge in [0.25, 0.3) is 0 Å². The lowest BCUT2D eigenvalue weighted by Gasteiger charge is -2.45. The van der Waals surface area contributed by atoms with E-state index in [-0.39, 0.29) is 31.6 Å². The molecule has 0 amide bonds. The number of carbonyl (C=O) groups is 2. The van der Waals surface area contributed by atoms with E-state index in [0.29, 0.717) is 0 Å². The van der Waals surface area contributed by atoms with Crippen LogP contribution >= 0.6 is 0 Å². The molecule has 19 atom stereocenters. The standard InChI is InChI=1S/C47H73NO17/c1-27-17-15-13-11-9-7-5-6-8-10-12-14-16-18-34(64-46-44(58)41(48)43(57)30(4)63-46)24-38-40(45(59)60)37(54)26-47(61,65-38)25-33(51)22-36(53)35(52)20-19-31(49)21-32(50)23-39(55)62-29(3)28(2)42(27)56/h5-18,27-38,40-44,46,49-54,56-58,61H,19-26,48H2,1-4H3,(H,59,60)/t27-,28-,29-,30?,31+,32+,33-,34-,35+,36+,37-,38-,40+,41?,42+,43?,44?,46?,47+/m0/s1. The van der Waals surface area contributed by atoms with Gasteiger partial charge in [0.2, 0.25) is 0 Å². The fourth-order valence-electron chi connectivity index (χ4n) is 7.97. The third-order valence-electron chi connectivity index (χ3n) is 12.0. The normalized spacial score (nSPS) is 42.0. The van der Waals surface area contributed by atoms with Gasteiger partial charge in [-0.05, 0) is 33.1 Å². The maximum Gasteiger partial charge on any atom is 0.311 e. The number of carboxylic acid groups (broad SMARTS) is 1. The molecule has 0 radical (unpaired) electrons. The van der Waals surface area contributed by atoms with E-state index in [1.165, 1.54) is 13.0 Å². The van der Waals surface area contributed by atoms with Gasteiger partial charge in [0.05, 0.1) is 79.6 Å². The first-order chi connectivity index (χ1) is 30.6. The zero-order valence-corrected chi connectivity index (χ0v) is 37.6. The minimum absolute atomic E-state index is 0.107. The number of allylic oxidation sites excluding steroid dienone is 12. The van der Waals surface area contributed by atoms with Crippen LogP contribution in [-0.2, 0) is 28.5 Å². The summed E-state index contributed by atoms with van der Waals surface area (Å²) < 4.78 is 23.1. The number of aliphatic hydroxyl groups excluding tert-OH is 9. The summed E-state index contributed by atoms with van der Waals surface area (Å²) in [5.41, 5.74) is 6.02. The first kappa shape index (κ1) is 55.9. The average molecular weight is 924 g/mol. The third kappa shape index (κ3) is 18.6. The first-order valence-electron chi connectivity index (χ1n) is 22.3. The largest absolute Gasteiger partial charge is 0.481 e. The molecule has 0 aromatic carbocycles. The molecule has 2 saturated heterocycles. The van der Waals surface area contributed by atoms with Crippen molar-refractivity contribution in [3.63, 3.8) is 0 Å². The summed E-state index contributed by atoms with van der Waals surface area (Å²) in [4.78, 5) is 25.1. The van der Waals surface area contributed by atoms with Crippen molar-refractivity contribution < 1.29 is 84.7 Å². The van der Waals surface area contributed by atoms with Crippen LogP contribution in [0, 0.1) is 17.8 Å². The fourth-order valence-corrected chi connectivity index (χ4v) is 7.97. The number of hydrogen-bond donors (Lipinski definition) is 12. The molecule has 18 nitrogen and oxygen atoms in total. The summed E-state index contributed by atoms with van der Waals surface area (Å²) in [6.07, 6.45) is 3.46. The Balaban J connectivity index is 1.86.